The molecule has 1 saturated heterocycles. The molecule has 0 aromatic rings. The first-order valence-corrected chi connectivity index (χ1v) is 7.31. The molecule has 0 spiro atoms. The van der Waals surface area contributed by atoms with E-state index in [2.05, 4.69) is 21.2 Å². The summed E-state index contributed by atoms with van der Waals surface area (Å²) in [6, 6.07) is 0. The predicted octanol–water partition coefficient (Wildman–Crippen LogP) is 2.38. The predicted molar refractivity (Wildman–Crippen MR) is 66.7 cm³/mol. The third kappa shape index (κ3) is 2.59. The number of carbonyl (C=O) groups is 1. The van der Waals surface area contributed by atoms with Gasteiger partial charge in [0.1, 0.15) is 6.10 Å². The van der Waals surface area contributed by atoms with Crippen LogP contribution in [0.3, 0.4) is 0 Å². The fourth-order valence-electron chi connectivity index (χ4n) is 2.68. The number of ether oxygens (including phenoxy) is 1. The number of halogens is 1. The van der Waals surface area contributed by atoms with E-state index in [1.165, 1.54) is 12.8 Å². The van der Waals surface area contributed by atoms with Gasteiger partial charge in [-0.2, -0.15) is 0 Å². The fraction of sp³-hybridized carbons (Fsp3) is 0.917. The maximum absolute atomic E-state index is 12.1. The molecule has 1 aliphatic heterocycles. The Morgan fingerprint density at radius 2 is 2.12 bits per heavy atom. The van der Waals surface area contributed by atoms with Crippen LogP contribution < -0.4 is 5.32 Å². The average Bonchev–Trinajstić information content (AvgIpc) is 2.88. The number of carbonyl (C=O) groups excluding carboxylic acids is 1. The van der Waals surface area contributed by atoms with Crippen LogP contribution in [-0.4, -0.2) is 29.0 Å². The molecular formula is C12H20BrNO2. The minimum absolute atomic E-state index is 0.00767. The minimum atomic E-state index is -0.216. The van der Waals surface area contributed by atoms with Gasteiger partial charge < -0.3 is 10.1 Å². The molecule has 1 amide bonds. The molecule has 0 aromatic carbocycles. The molecule has 1 heterocycles. The first-order valence-electron chi connectivity index (χ1n) is 6.19. The molecule has 2 atom stereocenters. The van der Waals surface area contributed by atoms with Crippen LogP contribution >= 0.6 is 15.9 Å². The summed E-state index contributed by atoms with van der Waals surface area (Å²) in [5.74, 6) is 0.0886. The largest absolute Gasteiger partial charge is 0.365 e. The van der Waals surface area contributed by atoms with Gasteiger partial charge in [0.25, 0.3) is 0 Å². The zero-order valence-electron chi connectivity index (χ0n) is 9.80. The zero-order chi connectivity index (χ0) is 11.6. The molecule has 1 N–H and O–H groups in total. The summed E-state index contributed by atoms with van der Waals surface area (Å²) in [4.78, 5) is 12.1. The maximum atomic E-state index is 12.1. The summed E-state index contributed by atoms with van der Waals surface area (Å²) < 4.78 is 5.60. The first kappa shape index (κ1) is 12.4. The topological polar surface area (TPSA) is 38.3 Å². The van der Waals surface area contributed by atoms with Crippen molar-refractivity contribution in [1.82, 2.24) is 5.32 Å². The van der Waals surface area contributed by atoms with Gasteiger partial charge in [-0.25, -0.2) is 0 Å². The monoisotopic (exact) mass is 289 g/mol. The molecule has 16 heavy (non-hydrogen) atoms. The molecule has 0 bridgehead atoms. The van der Waals surface area contributed by atoms with Gasteiger partial charge in [-0.1, -0.05) is 28.8 Å². The summed E-state index contributed by atoms with van der Waals surface area (Å²) in [7, 11) is 0. The van der Waals surface area contributed by atoms with Crippen molar-refractivity contribution in [1.29, 1.82) is 0 Å². The lowest BCUT2D eigenvalue weighted by Crippen LogP contribution is -2.51. The van der Waals surface area contributed by atoms with Crippen LogP contribution in [0.25, 0.3) is 0 Å². The van der Waals surface area contributed by atoms with Crippen LogP contribution in [0.4, 0.5) is 0 Å². The van der Waals surface area contributed by atoms with Gasteiger partial charge in [0, 0.05) is 10.9 Å². The Morgan fingerprint density at radius 1 is 1.44 bits per heavy atom. The Balaban J connectivity index is 1.90. The lowest BCUT2D eigenvalue weighted by Gasteiger charge is -2.29. The Kier molecular flexibility index (Phi) is 3.90. The van der Waals surface area contributed by atoms with E-state index in [1.807, 2.05) is 6.92 Å². The Labute approximate surface area is 105 Å². The van der Waals surface area contributed by atoms with E-state index >= 15 is 0 Å². The smallest absolute Gasteiger partial charge is 0.249 e. The summed E-state index contributed by atoms with van der Waals surface area (Å²) in [6.45, 7) is 2.03. The Hall–Kier alpha value is -0.0900. The number of hydrogen-bond donors (Lipinski definition) is 1. The molecule has 92 valence electrons. The van der Waals surface area contributed by atoms with E-state index in [1.54, 1.807) is 0 Å². The summed E-state index contributed by atoms with van der Waals surface area (Å²) in [6.07, 6.45) is 6.50. The highest BCUT2D eigenvalue weighted by molar-refractivity contribution is 9.09. The number of rotatable bonds is 3. The number of hydrogen-bond acceptors (Lipinski definition) is 2. The highest BCUT2D eigenvalue weighted by Gasteiger charge is 2.37. The average molecular weight is 290 g/mol. The first-order chi connectivity index (χ1) is 7.65. The van der Waals surface area contributed by atoms with Crippen LogP contribution in [0.5, 0.6) is 0 Å². The van der Waals surface area contributed by atoms with Gasteiger partial charge in [-0.05, 0) is 32.6 Å². The third-order valence-corrected chi connectivity index (χ3v) is 4.80. The molecule has 2 rings (SSSR count). The Morgan fingerprint density at radius 3 is 2.62 bits per heavy atom. The van der Waals surface area contributed by atoms with Crippen molar-refractivity contribution in [2.24, 2.45) is 0 Å². The quantitative estimate of drug-likeness (QED) is 0.810. The molecule has 3 nitrogen and oxygen atoms in total. The van der Waals surface area contributed by atoms with Gasteiger partial charge >= 0.3 is 0 Å². The van der Waals surface area contributed by atoms with Gasteiger partial charge in [0.2, 0.25) is 5.91 Å². The van der Waals surface area contributed by atoms with Crippen LogP contribution in [0, 0.1) is 0 Å². The molecule has 0 aromatic heterocycles. The molecule has 2 fully saturated rings. The molecule has 2 aliphatic rings. The van der Waals surface area contributed by atoms with Gasteiger partial charge in [-0.3, -0.25) is 4.79 Å². The van der Waals surface area contributed by atoms with Gasteiger partial charge in [0.15, 0.2) is 0 Å². The van der Waals surface area contributed by atoms with Crippen LogP contribution in [-0.2, 0) is 9.53 Å². The standard InChI is InChI=1S/C12H20BrNO2/c1-9-4-5-10(16-9)11(15)14-12(8-13)6-2-3-7-12/h9-10H,2-8H2,1H3,(H,14,15). The van der Waals surface area contributed by atoms with Gasteiger partial charge in [0.05, 0.1) is 6.10 Å². The van der Waals surface area contributed by atoms with Crippen molar-refractivity contribution in [2.45, 2.75) is 63.2 Å². The SMILES string of the molecule is CC1CCC(C(=O)NC2(CBr)CCCC2)O1. The lowest BCUT2D eigenvalue weighted by atomic mass is 10.00. The van der Waals surface area contributed by atoms with Crippen LogP contribution in [0.15, 0.2) is 0 Å². The number of nitrogens with one attached hydrogen (secondary N) is 1. The van der Waals surface area contributed by atoms with Crippen LogP contribution in [0.2, 0.25) is 0 Å². The summed E-state index contributed by atoms with van der Waals surface area (Å²) in [5, 5.41) is 4.05. The maximum Gasteiger partial charge on any atom is 0.249 e. The fourth-order valence-corrected chi connectivity index (χ4v) is 3.38. The van der Waals surface area contributed by atoms with E-state index in [-0.39, 0.29) is 23.7 Å². The third-order valence-electron chi connectivity index (χ3n) is 3.73. The number of amides is 1. The van der Waals surface area contributed by atoms with Crippen molar-refractivity contribution in [3.63, 3.8) is 0 Å². The van der Waals surface area contributed by atoms with E-state index in [0.29, 0.717) is 0 Å². The van der Waals surface area contributed by atoms with Crippen molar-refractivity contribution in [3.05, 3.63) is 0 Å². The highest BCUT2D eigenvalue weighted by atomic mass is 79.9. The normalized spacial score (nSPS) is 32.9. The zero-order valence-corrected chi connectivity index (χ0v) is 11.4. The minimum Gasteiger partial charge on any atom is -0.365 e. The second kappa shape index (κ2) is 5.05. The van der Waals surface area contributed by atoms with E-state index in [0.717, 1.165) is 31.0 Å². The molecule has 1 saturated carbocycles. The van der Waals surface area contributed by atoms with Crippen molar-refractivity contribution < 1.29 is 9.53 Å². The van der Waals surface area contributed by atoms with Crippen LogP contribution in [0.1, 0.15) is 45.4 Å². The Bertz CT molecular complexity index is 264. The van der Waals surface area contributed by atoms with E-state index in [9.17, 15) is 4.79 Å². The molecule has 2 unspecified atom stereocenters. The van der Waals surface area contributed by atoms with E-state index in [4.69, 9.17) is 4.74 Å². The summed E-state index contributed by atoms with van der Waals surface area (Å²) in [5.41, 5.74) is -0.00767. The summed E-state index contributed by atoms with van der Waals surface area (Å²) >= 11 is 3.53. The van der Waals surface area contributed by atoms with Crippen molar-refractivity contribution in [3.8, 4) is 0 Å². The molecule has 4 heteroatoms. The molecule has 0 radical (unpaired) electrons. The second-order valence-corrected chi connectivity index (χ2v) is 5.68. The second-order valence-electron chi connectivity index (χ2n) is 5.12. The number of alkyl halides is 1. The van der Waals surface area contributed by atoms with Gasteiger partial charge in [-0.15, -0.1) is 0 Å². The van der Waals surface area contributed by atoms with Crippen molar-refractivity contribution >= 4 is 21.8 Å². The molecule has 1 aliphatic carbocycles. The van der Waals surface area contributed by atoms with E-state index < -0.39 is 0 Å². The molecular weight excluding hydrogens is 270 g/mol. The lowest BCUT2D eigenvalue weighted by molar-refractivity contribution is -0.133. The highest BCUT2D eigenvalue weighted by Crippen LogP contribution is 2.32. The van der Waals surface area contributed by atoms with Crippen molar-refractivity contribution in [2.75, 3.05) is 5.33 Å².